The molecule has 0 nitrogen and oxygen atoms in total. The zero-order valence-corrected chi connectivity index (χ0v) is 13.3. The van der Waals surface area contributed by atoms with Gasteiger partial charge in [0, 0.05) is 0 Å². The molecule has 0 amide bonds. The Morgan fingerprint density at radius 2 is 1.14 bits per heavy atom. The Balaban J connectivity index is 1.69. The summed E-state index contributed by atoms with van der Waals surface area (Å²) in [5.74, 6) is 0. The van der Waals surface area contributed by atoms with Crippen LogP contribution in [0, 0.1) is 0 Å². The van der Waals surface area contributed by atoms with Gasteiger partial charge in [0.25, 0.3) is 0 Å². The minimum atomic E-state index is 0.799. The van der Waals surface area contributed by atoms with Crippen molar-refractivity contribution in [3.8, 4) is 0 Å². The van der Waals surface area contributed by atoms with Crippen molar-refractivity contribution in [2.75, 3.05) is 0 Å². The van der Waals surface area contributed by atoms with E-state index in [2.05, 4.69) is 84.9 Å². The molecule has 0 aliphatic carbocycles. The summed E-state index contributed by atoms with van der Waals surface area (Å²) in [5, 5.41) is 6.92. The van der Waals surface area contributed by atoms with Gasteiger partial charge in [0.05, 0.1) is 0 Å². The van der Waals surface area contributed by atoms with E-state index in [1.165, 1.54) is 32.4 Å². The second-order valence-corrected chi connectivity index (χ2v) is 6.76. The fourth-order valence-electron chi connectivity index (χ4n) is 3.02. The highest BCUT2D eigenvalue weighted by Gasteiger charge is 2.03. The minimum Gasteiger partial charge on any atom is -0.0852 e. The zero-order chi connectivity index (χ0) is 14.8. The average Bonchev–Trinajstić information content (AvgIpc) is 2.60. The van der Waals surface area contributed by atoms with Crippen LogP contribution in [0.1, 0.15) is 5.56 Å². The third kappa shape index (κ3) is 2.51. The SMILES string of the molecule is c1ccc2c(CPc3cccc4ccccc34)cccc2c1. The highest BCUT2D eigenvalue weighted by atomic mass is 31.1. The molecule has 0 aliphatic rings. The first-order valence-corrected chi connectivity index (χ1v) is 8.81. The highest BCUT2D eigenvalue weighted by Crippen LogP contribution is 2.27. The van der Waals surface area contributed by atoms with Gasteiger partial charge in [-0.3, -0.25) is 0 Å². The minimum absolute atomic E-state index is 0.799. The molecule has 22 heavy (non-hydrogen) atoms. The van der Waals surface area contributed by atoms with E-state index in [-0.39, 0.29) is 0 Å². The van der Waals surface area contributed by atoms with Crippen LogP contribution in [0.25, 0.3) is 21.5 Å². The van der Waals surface area contributed by atoms with Gasteiger partial charge in [0.15, 0.2) is 0 Å². The molecule has 4 rings (SSSR count). The summed E-state index contributed by atoms with van der Waals surface area (Å²) in [6.45, 7) is 0. The molecule has 0 N–H and O–H groups in total. The predicted octanol–water partition coefficient (Wildman–Crippen LogP) is 5.50. The summed E-state index contributed by atoms with van der Waals surface area (Å²) >= 11 is 0. The van der Waals surface area contributed by atoms with E-state index in [4.69, 9.17) is 0 Å². The maximum absolute atomic E-state index is 2.27. The summed E-state index contributed by atoms with van der Waals surface area (Å²) in [6.07, 6.45) is 1.11. The van der Waals surface area contributed by atoms with Crippen molar-refractivity contribution < 1.29 is 0 Å². The molecule has 1 heteroatoms. The van der Waals surface area contributed by atoms with Gasteiger partial charge in [-0.15, -0.1) is 0 Å². The lowest BCUT2D eigenvalue weighted by Gasteiger charge is -2.09. The molecule has 0 aromatic heterocycles. The summed E-state index contributed by atoms with van der Waals surface area (Å²) in [4.78, 5) is 0. The van der Waals surface area contributed by atoms with Crippen LogP contribution in [0.4, 0.5) is 0 Å². The molecule has 0 aliphatic heterocycles. The molecular weight excluding hydrogens is 283 g/mol. The van der Waals surface area contributed by atoms with Gasteiger partial charge in [-0.2, -0.15) is 0 Å². The van der Waals surface area contributed by atoms with Crippen LogP contribution in [0.15, 0.2) is 84.9 Å². The zero-order valence-electron chi connectivity index (χ0n) is 12.3. The van der Waals surface area contributed by atoms with Crippen molar-refractivity contribution in [2.24, 2.45) is 0 Å². The second-order valence-electron chi connectivity index (χ2n) is 5.52. The number of benzene rings is 4. The molecule has 4 aromatic rings. The van der Waals surface area contributed by atoms with Crippen molar-refractivity contribution in [1.29, 1.82) is 0 Å². The third-order valence-corrected chi connectivity index (χ3v) is 5.51. The molecule has 1 unspecified atom stereocenters. The van der Waals surface area contributed by atoms with Crippen molar-refractivity contribution in [2.45, 2.75) is 6.16 Å². The number of fused-ring (bicyclic) bond motifs is 2. The maximum Gasteiger partial charge on any atom is -0.00538 e. The normalized spacial score (nSPS) is 11.6. The van der Waals surface area contributed by atoms with E-state index in [1.54, 1.807) is 0 Å². The van der Waals surface area contributed by atoms with Crippen LogP contribution >= 0.6 is 8.58 Å². The third-order valence-electron chi connectivity index (χ3n) is 4.14. The number of hydrogen-bond donors (Lipinski definition) is 0. The molecule has 0 saturated carbocycles. The molecule has 0 fully saturated rings. The standard InChI is InChI=1S/C21H17P/c1-3-12-19-16(7-1)9-5-11-18(19)15-22-21-14-6-10-17-8-2-4-13-20(17)21/h1-14,22H,15H2. The number of rotatable bonds is 3. The molecule has 0 radical (unpaired) electrons. The summed E-state index contributed by atoms with van der Waals surface area (Å²) in [6, 6.07) is 30.6. The van der Waals surface area contributed by atoms with E-state index in [0.717, 1.165) is 14.7 Å². The van der Waals surface area contributed by atoms with Crippen LogP contribution in [0.3, 0.4) is 0 Å². The first kappa shape index (κ1) is 13.5. The van der Waals surface area contributed by atoms with Crippen LogP contribution in [-0.4, -0.2) is 0 Å². The molecule has 106 valence electrons. The molecule has 0 bridgehead atoms. The number of hydrogen-bond acceptors (Lipinski definition) is 0. The van der Waals surface area contributed by atoms with Crippen LogP contribution < -0.4 is 5.30 Å². The van der Waals surface area contributed by atoms with E-state index >= 15 is 0 Å². The molecule has 0 saturated heterocycles. The van der Waals surface area contributed by atoms with Crippen LogP contribution in [-0.2, 0) is 6.16 Å². The molecule has 1 atom stereocenters. The summed E-state index contributed by atoms with van der Waals surface area (Å²) < 4.78 is 0. The average molecular weight is 300 g/mol. The smallest absolute Gasteiger partial charge is 0.00538 e. The Bertz CT molecular complexity index is 850. The topological polar surface area (TPSA) is 0 Å². The lowest BCUT2D eigenvalue weighted by Crippen LogP contribution is -1.97. The van der Waals surface area contributed by atoms with Crippen molar-refractivity contribution >= 4 is 35.4 Å². The fraction of sp³-hybridized carbons (Fsp3) is 0.0476. The lowest BCUT2D eigenvalue weighted by molar-refractivity contribution is 1.46. The predicted molar refractivity (Wildman–Crippen MR) is 99.5 cm³/mol. The first-order chi connectivity index (χ1) is 10.9. The first-order valence-electron chi connectivity index (χ1n) is 7.60. The molecule has 0 heterocycles. The summed E-state index contributed by atoms with van der Waals surface area (Å²) in [7, 11) is 0.799. The molecular formula is C21H17P. The Kier molecular flexibility index (Phi) is 3.62. The Morgan fingerprint density at radius 1 is 0.545 bits per heavy atom. The summed E-state index contributed by atoms with van der Waals surface area (Å²) in [5.41, 5.74) is 1.45. The fourth-order valence-corrected chi connectivity index (χ4v) is 4.34. The van der Waals surface area contributed by atoms with Gasteiger partial charge < -0.3 is 0 Å². The van der Waals surface area contributed by atoms with Gasteiger partial charge in [-0.25, -0.2) is 0 Å². The molecule has 0 spiro atoms. The monoisotopic (exact) mass is 300 g/mol. The lowest BCUT2D eigenvalue weighted by atomic mass is 10.1. The van der Waals surface area contributed by atoms with E-state index in [0.29, 0.717) is 0 Å². The van der Waals surface area contributed by atoms with Crippen LogP contribution in [0.2, 0.25) is 0 Å². The molecule has 4 aromatic carbocycles. The largest absolute Gasteiger partial charge is 0.0852 e. The van der Waals surface area contributed by atoms with Crippen LogP contribution in [0.5, 0.6) is 0 Å². The Labute approximate surface area is 132 Å². The van der Waals surface area contributed by atoms with Gasteiger partial charge in [-0.05, 0) is 38.6 Å². The van der Waals surface area contributed by atoms with Gasteiger partial charge in [-0.1, -0.05) is 93.5 Å². The van der Waals surface area contributed by atoms with Crippen molar-refractivity contribution in [1.82, 2.24) is 0 Å². The maximum atomic E-state index is 2.27. The van der Waals surface area contributed by atoms with E-state index < -0.39 is 0 Å². The van der Waals surface area contributed by atoms with E-state index in [1.807, 2.05) is 0 Å². The second kappa shape index (κ2) is 5.91. The quantitative estimate of drug-likeness (QED) is 0.438. The van der Waals surface area contributed by atoms with Gasteiger partial charge in [0.2, 0.25) is 0 Å². The van der Waals surface area contributed by atoms with Gasteiger partial charge in [0.1, 0.15) is 0 Å². The van der Waals surface area contributed by atoms with Gasteiger partial charge >= 0.3 is 0 Å². The Morgan fingerprint density at radius 3 is 1.95 bits per heavy atom. The van der Waals surface area contributed by atoms with Crippen molar-refractivity contribution in [3.05, 3.63) is 90.5 Å². The van der Waals surface area contributed by atoms with Crippen molar-refractivity contribution in [3.63, 3.8) is 0 Å². The van der Waals surface area contributed by atoms with E-state index in [9.17, 15) is 0 Å². The Hall–Kier alpha value is -2.17. The highest BCUT2D eigenvalue weighted by molar-refractivity contribution is 7.47.